The molecule has 1 aromatic rings. The lowest BCUT2D eigenvalue weighted by Crippen LogP contribution is -2.34. The highest BCUT2D eigenvalue weighted by Gasteiger charge is 2.18. The third-order valence-electron chi connectivity index (χ3n) is 2.47. The highest BCUT2D eigenvalue weighted by molar-refractivity contribution is 9.10. The molecule has 1 rings (SSSR count). The molecule has 6 nitrogen and oxygen atoms in total. The molecule has 0 aliphatic rings. The van der Waals surface area contributed by atoms with Crippen LogP contribution >= 0.6 is 15.9 Å². The van der Waals surface area contributed by atoms with Crippen LogP contribution in [0.25, 0.3) is 0 Å². The van der Waals surface area contributed by atoms with Crippen LogP contribution in [0, 0.1) is 6.92 Å². The zero-order valence-corrected chi connectivity index (χ0v) is 13.0. The summed E-state index contributed by atoms with van der Waals surface area (Å²) in [5.74, 6) is -1.04. The van der Waals surface area contributed by atoms with Crippen molar-refractivity contribution in [2.45, 2.75) is 13.3 Å². The van der Waals surface area contributed by atoms with E-state index in [1.54, 1.807) is 18.2 Å². The van der Waals surface area contributed by atoms with Crippen LogP contribution in [0.4, 0.5) is 5.69 Å². The van der Waals surface area contributed by atoms with E-state index in [1.165, 1.54) is 7.05 Å². The maximum Gasteiger partial charge on any atom is 0.304 e. The van der Waals surface area contributed by atoms with Gasteiger partial charge in [0.15, 0.2) is 0 Å². The zero-order valence-electron chi connectivity index (χ0n) is 10.6. The van der Waals surface area contributed by atoms with E-state index in [9.17, 15) is 13.2 Å². The lowest BCUT2D eigenvalue weighted by atomic mass is 10.2. The minimum atomic E-state index is -3.74. The van der Waals surface area contributed by atoms with Crippen molar-refractivity contribution in [1.29, 1.82) is 0 Å². The molecule has 0 heterocycles. The first-order valence-electron chi connectivity index (χ1n) is 5.44. The van der Waals surface area contributed by atoms with Crippen molar-refractivity contribution in [2.75, 3.05) is 18.3 Å². The van der Waals surface area contributed by atoms with Crippen molar-refractivity contribution in [3.63, 3.8) is 0 Å². The van der Waals surface area contributed by atoms with Crippen LogP contribution in [-0.4, -0.2) is 37.4 Å². The van der Waals surface area contributed by atoms with E-state index in [4.69, 9.17) is 5.11 Å². The van der Waals surface area contributed by atoms with Gasteiger partial charge in [-0.3, -0.25) is 9.52 Å². The molecule has 1 aromatic carbocycles. The highest BCUT2D eigenvalue weighted by atomic mass is 79.9. The average molecular weight is 351 g/mol. The van der Waals surface area contributed by atoms with Crippen LogP contribution in [0.15, 0.2) is 22.7 Å². The molecule has 0 aliphatic carbocycles. The van der Waals surface area contributed by atoms with Crippen LogP contribution in [-0.2, 0) is 15.0 Å². The molecule has 0 atom stereocenters. The predicted molar refractivity (Wildman–Crippen MR) is 76.3 cm³/mol. The lowest BCUT2D eigenvalue weighted by Gasteiger charge is -2.17. The average Bonchev–Trinajstić information content (AvgIpc) is 2.30. The van der Waals surface area contributed by atoms with E-state index in [0.717, 1.165) is 14.3 Å². The molecule has 0 saturated heterocycles. The van der Waals surface area contributed by atoms with Crippen LogP contribution in [0.3, 0.4) is 0 Å². The summed E-state index contributed by atoms with van der Waals surface area (Å²) in [6.45, 7) is 1.80. The number of hydrogen-bond acceptors (Lipinski definition) is 3. The van der Waals surface area contributed by atoms with Gasteiger partial charge in [-0.05, 0) is 24.6 Å². The second kappa shape index (κ2) is 6.36. The Morgan fingerprint density at radius 1 is 1.47 bits per heavy atom. The van der Waals surface area contributed by atoms with Gasteiger partial charge in [-0.25, -0.2) is 0 Å². The molecule has 0 bridgehead atoms. The number of benzene rings is 1. The number of carbonyl (C=O) groups is 1. The molecule has 0 aromatic heterocycles. The van der Waals surface area contributed by atoms with Crippen LogP contribution < -0.4 is 4.72 Å². The SMILES string of the molecule is Cc1ccc(NS(=O)(=O)N(C)CCC(=O)O)cc1Br. The Morgan fingerprint density at radius 3 is 2.63 bits per heavy atom. The summed E-state index contributed by atoms with van der Waals surface area (Å²) >= 11 is 3.31. The number of nitrogens with one attached hydrogen (secondary N) is 1. The molecule has 0 spiro atoms. The number of aliphatic carboxylic acids is 1. The summed E-state index contributed by atoms with van der Waals surface area (Å²) in [6, 6.07) is 5.07. The minimum absolute atomic E-state index is 0.0856. The van der Waals surface area contributed by atoms with E-state index >= 15 is 0 Å². The van der Waals surface area contributed by atoms with E-state index in [0.29, 0.717) is 5.69 Å². The van der Waals surface area contributed by atoms with Gasteiger partial charge < -0.3 is 5.11 Å². The molecular weight excluding hydrogens is 336 g/mol. The fraction of sp³-hybridized carbons (Fsp3) is 0.364. The van der Waals surface area contributed by atoms with Crippen LogP contribution in [0.5, 0.6) is 0 Å². The fourth-order valence-electron chi connectivity index (χ4n) is 1.26. The van der Waals surface area contributed by atoms with Gasteiger partial charge in [-0.2, -0.15) is 12.7 Å². The highest BCUT2D eigenvalue weighted by Crippen LogP contribution is 2.21. The van der Waals surface area contributed by atoms with Crippen molar-refractivity contribution in [3.05, 3.63) is 28.2 Å². The Labute approximate surface area is 120 Å². The van der Waals surface area contributed by atoms with Crippen molar-refractivity contribution < 1.29 is 18.3 Å². The van der Waals surface area contributed by atoms with Gasteiger partial charge in [-0.1, -0.05) is 22.0 Å². The van der Waals surface area contributed by atoms with Gasteiger partial charge in [0.05, 0.1) is 12.1 Å². The summed E-state index contributed by atoms with van der Waals surface area (Å²) < 4.78 is 28.0. The third-order valence-corrected chi connectivity index (χ3v) is 4.82. The first-order valence-corrected chi connectivity index (χ1v) is 7.67. The maximum atomic E-state index is 11.9. The zero-order chi connectivity index (χ0) is 14.6. The number of anilines is 1. The van der Waals surface area contributed by atoms with Gasteiger partial charge in [0.2, 0.25) is 0 Å². The number of hydrogen-bond donors (Lipinski definition) is 2. The molecule has 0 saturated carbocycles. The fourth-order valence-corrected chi connectivity index (χ4v) is 2.55. The van der Waals surface area contributed by atoms with Crippen LogP contribution in [0.2, 0.25) is 0 Å². The van der Waals surface area contributed by atoms with Gasteiger partial charge in [0.25, 0.3) is 0 Å². The minimum Gasteiger partial charge on any atom is -0.481 e. The second-order valence-electron chi connectivity index (χ2n) is 4.04. The molecule has 0 fully saturated rings. The quantitative estimate of drug-likeness (QED) is 0.819. The van der Waals surface area contributed by atoms with Crippen molar-refractivity contribution in [3.8, 4) is 0 Å². The summed E-state index contributed by atoms with van der Waals surface area (Å²) in [5, 5.41) is 8.54. The van der Waals surface area contributed by atoms with E-state index < -0.39 is 16.2 Å². The first-order chi connectivity index (χ1) is 8.72. The van der Waals surface area contributed by atoms with E-state index in [1.807, 2.05) is 6.92 Å². The number of nitrogens with zero attached hydrogens (tertiary/aromatic N) is 1. The van der Waals surface area contributed by atoms with Gasteiger partial charge in [-0.15, -0.1) is 0 Å². The number of halogens is 1. The number of carboxylic acid groups (broad SMARTS) is 1. The van der Waals surface area contributed by atoms with Gasteiger partial charge >= 0.3 is 16.2 Å². The molecule has 0 aliphatic heterocycles. The van der Waals surface area contributed by atoms with Crippen molar-refractivity contribution in [2.24, 2.45) is 0 Å². The molecule has 106 valence electrons. The Morgan fingerprint density at radius 2 is 2.11 bits per heavy atom. The summed E-state index contributed by atoms with van der Waals surface area (Å²) in [6.07, 6.45) is -0.241. The normalized spacial score (nSPS) is 11.6. The predicted octanol–water partition coefficient (Wildman–Crippen LogP) is 1.82. The van der Waals surface area contributed by atoms with Crippen LogP contribution in [0.1, 0.15) is 12.0 Å². The van der Waals surface area contributed by atoms with Crippen molar-refractivity contribution in [1.82, 2.24) is 4.31 Å². The molecule has 2 N–H and O–H groups in total. The molecule has 8 heteroatoms. The number of aryl methyl sites for hydroxylation is 1. The molecule has 19 heavy (non-hydrogen) atoms. The van der Waals surface area contributed by atoms with E-state index in [-0.39, 0.29) is 13.0 Å². The smallest absolute Gasteiger partial charge is 0.304 e. The van der Waals surface area contributed by atoms with Gasteiger partial charge in [0.1, 0.15) is 0 Å². The second-order valence-corrected chi connectivity index (χ2v) is 6.67. The first kappa shape index (κ1) is 15.9. The molecule has 0 radical (unpaired) electrons. The Bertz CT molecular complexity index is 574. The standard InChI is InChI=1S/C11H15BrN2O4S/c1-8-3-4-9(7-10(8)12)13-19(17,18)14(2)6-5-11(15)16/h3-4,7,13H,5-6H2,1-2H3,(H,15,16). The Balaban J connectivity index is 2.78. The molecular formula is C11H15BrN2O4S. The monoisotopic (exact) mass is 350 g/mol. The Kier molecular flexibility index (Phi) is 5.33. The lowest BCUT2D eigenvalue weighted by molar-refractivity contribution is -0.137. The molecule has 0 unspecified atom stereocenters. The topological polar surface area (TPSA) is 86.7 Å². The number of carboxylic acids is 1. The van der Waals surface area contributed by atoms with Gasteiger partial charge in [0, 0.05) is 18.1 Å². The summed E-state index contributed by atoms with van der Waals surface area (Å²) in [5.41, 5.74) is 1.40. The Hall–Kier alpha value is -1.12. The van der Waals surface area contributed by atoms with Crippen molar-refractivity contribution >= 4 is 37.8 Å². The maximum absolute atomic E-state index is 11.9. The largest absolute Gasteiger partial charge is 0.481 e. The van der Waals surface area contributed by atoms with E-state index in [2.05, 4.69) is 20.7 Å². The third kappa shape index (κ3) is 4.81. The molecule has 0 amide bonds. The summed E-state index contributed by atoms with van der Waals surface area (Å²) in [7, 11) is -2.41. The summed E-state index contributed by atoms with van der Waals surface area (Å²) in [4.78, 5) is 10.4. The number of rotatable bonds is 6.